The fraction of sp³-hybridized carbons (Fsp3) is 1.00. The second-order valence-corrected chi connectivity index (χ2v) is 7.39. The van der Waals surface area contributed by atoms with Crippen LogP contribution in [0.1, 0.15) is 53.4 Å². The Kier molecular flexibility index (Phi) is 1.58. The minimum absolute atomic E-state index is 0.625. The van der Waals surface area contributed by atoms with E-state index in [-0.39, 0.29) is 0 Å². The molecule has 0 radical (unpaired) electrons. The van der Waals surface area contributed by atoms with Gasteiger partial charge in [-0.1, -0.05) is 27.7 Å². The molecular weight excluding hydrogens is 168 g/mol. The van der Waals surface area contributed by atoms with E-state index in [1.165, 1.54) is 19.3 Å². The number of hydrogen-bond donors (Lipinski definition) is 0. The molecule has 5 unspecified atom stereocenters. The van der Waals surface area contributed by atoms with Gasteiger partial charge in [-0.3, -0.25) is 0 Å². The van der Waals surface area contributed by atoms with Gasteiger partial charge in [0.15, 0.2) is 0 Å². The summed E-state index contributed by atoms with van der Waals surface area (Å²) in [5, 5.41) is 0. The molecule has 0 bridgehead atoms. The van der Waals surface area contributed by atoms with Crippen molar-refractivity contribution < 1.29 is 0 Å². The highest BCUT2D eigenvalue weighted by atomic mass is 14.8. The number of fused-ring (bicyclic) bond motifs is 4. The highest BCUT2D eigenvalue weighted by molar-refractivity contribution is 5.19. The van der Waals surface area contributed by atoms with E-state index in [2.05, 4.69) is 27.7 Å². The highest BCUT2D eigenvalue weighted by Gasteiger charge is 2.71. The fourth-order valence-corrected chi connectivity index (χ4v) is 5.17. The topological polar surface area (TPSA) is 0 Å². The molecular formula is C14H24. The minimum atomic E-state index is 0.625. The average molecular weight is 192 g/mol. The normalized spacial score (nSPS) is 59.1. The molecule has 0 aliphatic heterocycles. The van der Waals surface area contributed by atoms with E-state index >= 15 is 0 Å². The predicted octanol–water partition coefficient (Wildman–Crippen LogP) is 4.10. The van der Waals surface area contributed by atoms with Gasteiger partial charge in [0.05, 0.1) is 0 Å². The summed E-state index contributed by atoms with van der Waals surface area (Å²) in [4.78, 5) is 0. The molecule has 3 fully saturated rings. The van der Waals surface area contributed by atoms with Gasteiger partial charge in [-0.2, -0.15) is 0 Å². The van der Waals surface area contributed by atoms with Gasteiger partial charge in [-0.05, 0) is 60.2 Å². The van der Waals surface area contributed by atoms with Gasteiger partial charge in [0.25, 0.3) is 0 Å². The average Bonchev–Trinajstić information content (AvgIpc) is 2.60. The Bertz CT molecular complexity index is 265. The zero-order valence-electron chi connectivity index (χ0n) is 10.1. The summed E-state index contributed by atoms with van der Waals surface area (Å²) >= 11 is 0. The fourth-order valence-electron chi connectivity index (χ4n) is 5.17. The third-order valence-corrected chi connectivity index (χ3v) is 5.73. The monoisotopic (exact) mass is 192 g/mol. The summed E-state index contributed by atoms with van der Waals surface area (Å²) < 4.78 is 0. The zero-order valence-corrected chi connectivity index (χ0v) is 10.1. The summed E-state index contributed by atoms with van der Waals surface area (Å²) in [7, 11) is 0. The maximum absolute atomic E-state index is 2.55. The van der Waals surface area contributed by atoms with Gasteiger partial charge < -0.3 is 0 Å². The molecule has 0 aromatic heterocycles. The summed E-state index contributed by atoms with van der Waals surface area (Å²) in [6, 6.07) is 0. The molecule has 5 atom stereocenters. The van der Waals surface area contributed by atoms with Crippen molar-refractivity contribution in [3.8, 4) is 0 Å². The lowest BCUT2D eigenvalue weighted by Gasteiger charge is -2.45. The van der Waals surface area contributed by atoms with Gasteiger partial charge >= 0.3 is 0 Å². The summed E-state index contributed by atoms with van der Waals surface area (Å²) in [5.41, 5.74) is 1.43. The van der Waals surface area contributed by atoms with Crippen LogP contribution < -0.4 is 0 Å². The van der Waals surface area contributed by atoms with E-state index in [1.54, 1.807) is 6.42 Å². The summed E-state index contributed by atoms with van der Waals surface area (Å²) in [5.74, 6) is 4.34. The van der Waals surface area contributed by atoms with Crippen molar-refractivity contribution in [1.82, 2.24) is 0 Å². The molecule has 3 aliphatic carbocycles. The first-order valence-electron chi connectivity index (χ1n) is 6.44. The van der Waals surface area contributed by atoms with Gasteiger partial charge in [0.1, 0.15) is 0 Å². The Morgan fingerprint density at radius 3 is 2.50 bits per heavy atom. The van der Waals surface area contributed by atoms with Crippen molar-refractivity contribution in [2.24, 2.45) is 34.5 Å². The molecule has 3 saturated carbocycles. The van der Waals surface area contributed by atoms with Crippen molar-refractivity contribution in [2.45, 2.75) is 53.4 Å². The quantitative estimate of drug-likeness (QED) is 0.542. The van der Waals surface area contributed by atoms with E-state index in [0.717, 1.165) is 29.1 Å². The van der Waals surface area contributed by atoms with E-state index in [4.69, 9.17) is 0 Å². The van der Waals surface area contributed by atoms with Crippen LogP contribution in [0.4, 0.5) is 0 Å². The van der Waals surface area contributed by atoms with Gasteiger partial charge in [0.2, 0.25) is 0 Å². The van der Waals surface area contributed by atoms with Crippen LogP contribution in [0.2, 0.25) is 0 Å². The molecule has 0 N–H and O–H groups in total. The van der Waals surface area contributed by atoms with Crippen molar-refractivity contribution >= 4 is 0 Å². The van der Waals surface area contributed by atoms with E-state index in [0.29, 0.717) is 5.41 Å². The van der Waals surface area contributed by atoms with Crippen molar-refractivity contribution in [2.75, 3.05) is 0 Å². The molecule has 0 aromatic carbocycles. The Morgan fingerprint density at radius 2 is 1.79 bits per heavy atom. The van der Waals surface area contributed by atoms with Gasteiger partial charge in [-0.15, -0.1) is 0 Å². The molecule has 80 valence electrons. The zero-order chi connectivity index (χ0) is 10.1. The van der Waals surface area contributed by atoms with Gasteiger partial charge in [-0.25, -0.2) is 0 Å². The molecule has 0 heteroatoms. The van der Waals surface area contributed by atoms with Crippen LogP contribution in [0.3, 0.4) is 0 Å². The number of hydrogen-bond acceptors (Lipinski definition) is 0. The molecule has 3 rings (SSSR count). The second-order valence-electron chi connectivity index (χ2n) is 7.39. The van der Waals surface area contributed by atoms with E-state index < -0.39 is 0 Å². The van der Waals surface area contributed by atoms with E-state index in [9.17, 15) is 0 Å². The molecule has 0 amide bonds. The summed E-state index contributed by atoms with van der Waals surface area (Å²) in [6.45, 7) is 10.0. The van der Waals surface area contributed by atoms with Crippen LogP contribution in [0.25, 0.3) is 0 Å². The smallest absolute Gasteiger partial charge is 0.0258 e. The maximum Gasteiger partial charge on any atom is -0.0258 e. The third kappa shape index (κ3) is 1.01. The van der Waals surface area contributed by atoms with Crippen LogP contribution in [0.15, 0.2) is 0 Å². The van der Waals surface area contributed by atoms with Crippen LogP contribution in [-0.4, -0.2) is 0 Å². The summed E-state index contributed by atoms with van der Waals surface area (Å²) in [6.07, 6.45) is 6.04. The third-order valence-electron chi connectivity index (χ3n) is 5.73. The largest absolute Gasteiger partial charge is 0.0622 e. The first-order valence-corrected chi connectivity index (χ1v) is 6.44. The second kappa shape index (κ2) is 2.39. The molecule has 3 aliphatic rings. The Hall–Kier alpha value is 0. The van der Waals surface area contributed by atoms with Crippen molar-refractivity contribution in [3.63, 3.8) is 0 Å². The molecule has 0 saturated heterocycles. The maximum atomic E-state index is 2.55. The predicted molar refractivity (Wildman–Crippen MR) is 60.0 cm³/mol. The SMILES string of the molecule is CC1CC(C)(C)CCC2C3CC3(C)C12. The first-order chi connectivity index (χ1) is 6.44. The van der Waals surface area contributed by atoms with Crippen LogP contribution >= 0.6 is 0 Å². The Labute approximate surface area is 88.5 Å². The molecule has 0 aromatic rings. The lowest BCUT2D eigenvalue weighted by Crippen LogP contribution is -2.40. The van der Waals surface area contributed by atoms with Crippen LogP contribution in [-0.2, 0) is 0 Å². The number of rotatable bonds is 0. The molecule has 0 heterocycles. The Balaban J connectivity index is 1.83. The minimum Gasteiger partial charge on any atom is -0.0622 e. The highest BCUT2D eigenvalue weighted by Crippen LogP contribution is 2.78. The lowest BCUT2D eigenvalue weighted by molar-refractivity contribution is 0.0262. The van der Waals surface area contributed by atoms with Crippen LogP contribution in [0.5, 0.6) is 0 Å². The standard InChI is InChI=1S/C14H24/c1-9-7-13(2,3)6-5-10-11-8-14(11,4)12(9)10/h9-12H,5-8H2,1-4H3. The van der Waals surface area contributed by atoms with Crippen molar-refractivity contribution in [3.05, 3.63) is 0 Å². The van der Waals surface area contributed by atoms with Gasteiger partial charge in [0, 0.05) is 0 Å². The molecule has 0 nitrogen and oxygen atoms in total. The first kappa shape index (κ1) is 9.24. The lowest BCUT2D eigenvalue weighted by atomic mass is 9.60. The molecule has 0 spiro atoms. The van der Waals surface area contributed by atoms with E-state index in [1.807, 2.05) is 0 Å². The van der Waals surface area contributed by atoms with Crippen molar-refractivity contribution in [1.29, 1.82) is 0 Å². The van der Waals surface area contributed by atoms with Crippen LogP contribution in [0, 0.1) is 34.5 Å². The molecule has 14 heavy (non-hydrogen) atoms. The Morgan fingerprint density at radius 1 is 1.07 bits per heavy atom.